The molecule has 3 heterocycles. The minimum absolute atomic E-state index is 0.699. The molecule has 0 fully saturated rings. The Morgan fingerprint density at radius 3 is 2.75 bits per heavy atom. The number of rotatable bonds is 2. The minimum Gasteiger partial charge on any atom is -0.304 e. The molecule has 3 rings (SSSR count). The second-order valence-corrected chi connectivity index (χ2v) is 4.37. The van der Waals surface area contributed by atoms with Crippen LogP contribution in [0.15, 0.2) is 36.9 Å². The number of aldehydes is 1. The Balaban J connectivity index is 2.24. The first-order chi connectivity index (χ1) is 7.88. The van der Waals surface area contributed by atoms with E-state index >= 15 is 0 Å². The summed E-state index contributed by atoms with van der Waals surface area (Å²) in [6.45, 7) is 0. The fraction of sp³-hybridized carbons (Fsp3) is 0. The van der Waals surface area contributed by atoms with Crippen LogP contribution < -0.4 is 0 Å². The normalized spacial score (nSPS) is 10.8. The summed E-state index contributed by atoms with van der Waals surface area (Å²) in [6.07, 6.45) is 8.02. The number of nitrogens with zero attached hydrogens (tertiary/aromatic N) is 3. The van der Waals surface area contributed by atoms with Crippen molar-refractivity contribution in [1.82, 2.24) is 14.4 Å². The molecule has 3 aromatic rings. The molecular formula is C11H7N3OS. The number of thiophene rings is 1. The molecule has 0 aromatic carbocycles. The van der Waals surface area contributed by atoms with Gasteiger partial charge in [-0.25, -0.2) is 9.97 Å². The van der Waals surface area contributed by atoms with Crippen LogP contribution >= 0.6 is 11.3 Å². The number of hydrogen-bond donors (Lipinski definition) is 0. The first-order valence-electron chi connectivity index (χ1n) is 4.71. The van der Waals surface area contributed by atoms with Gasteiger partial charge < -0.3 is 4.40 Å². The van der Waals surface area contributed by atoms with Crippen LogP contribution in [0.1, 0.15) is 9.67 Å². The minimum atomic E-state index is 0.699. The summed E-state index contributed by atoms with van der Waals surface area (Å²) in [5.41, 5.74) is 1.62. The van der Waals surface area contributed by atoms with Crippen molar-refractivity contribution >= 4 is 23.3 Å². The molecule has 0 saturated heterocycles. The third kappa shape index (κ3) is 1.33. The Morgan fingerprint density at radius 1 is 1.19 bits per heavy atom. The molecule has 0 amide bonds. The molecule has 0 atom stereocenters. The van der Waals surface area contributed by atoms with Gasteiger partial charge in [0.25, 0.3) is 0 Å². The lowest BCUT2D eigenvalue weighted by Crippen LogP contribution is -1.88. The van der Waals surface area contributed by atoms with E-state index in [1.165, 1.54) is 11.3 Å². The van der Waals surface area contributed by atoms with E-state index < -0.39 is 0 Å². The second kappa shape index (κ2) is 3.53. The van der Waals surface area contributed by atoms with E-state index in [-0.39, 0.29) is 0 Å². The summed E-state index contributed by atoms with van der Waals surface area (Å²) in [6, 6.07) is 3.69. The number of carbonyl (C=O) groups excluding carboxylic acids is 1. The van der Waals surface area contributed by atoms with E-state index in [9.17, 15) is 4.79 Å². The lowest BCUT2D eigenvalue weighted by atomic mass is 10.3. The van der Waals surface area contributed by atoms with Gasteiger partial charge in [0.2, 0.25) is 0 Å². The molecule has 0 bridgehead atoms. The van der Waals surface area contributed by atoms with Gasteiger partial charge in [-0.2, -0.15) is 0 Å². The summed E-state index contributed by atoms with van der Waals surface area (Å²) >= 11 is 1.42. The van der Waals surface area contributed by atoms with Gasteiger partial charge in [-0.05, 0) is 12.1 Å². The van der Waals surface area contributed by atoms with Gasteiger partial charge in [-0.1, -0.05) is 0 Å². The van der Waals surface area contributed by atoms with Crippen LogP contribution in [0.4, 0.5) is 0 Å². The summed E-state index contributed by atoms with van der Waals surface area (Å²) in [5.74, 6) is 0. The average Bonchev–Trinajstić information content (AvgIpc) is 2.97. The van der Waals surface area contributed by atoms with Gasteiger partial charge in [-0.15, -0.1) is 11.3 Å². The van der Waals surface area contributed by atoms with Gasteiger partial charge in [0.15, 0.2) is 11.9 Å². The van der Waals surface area contributed by atoms with Crippen molar-refractivity contribution in [3.63, 3.8) is 0 Å². The Kier molecular flexibility index (Phi) is 2.04. The van der Waals surface area contributed by atoms with E-state index in [0.717, 1.165) is 22.5 Å². The molecular weight excluding hydrogens is 222 g/mol. The standard InChI is InChI=1S/C11H7N3OS/c15-7-8-1-2-9(16-8)10-11-13-4-6-14(11)5-3-12-10/h1-7H. The van der Waals surface area contributed by atoms with Crippen molar-refractivity contribution in [1.29, 1.82) is 0 Å². The molecule has 0 unspecified atom stereocenters. The third-order valence-corrected chi connectivity index (χ3v) is 3.31. The Bertz CT molecular complexity index is 656. The van der Waals surface area contributed by atoms with Crippen molar-refractivity contribution in [2.45, 2.75) is 0 Å². The second-order valence-electron chi connectivity index (χ2n) is 3.25. The quantitative estimate of drug-likeness (QED) is 0.633. The van der Waals surface area contributed by atoms with E-state index in [0.29, 0.717) is 4.88 Å². The van der Waals surface area contributed by atoms with Crippen molar-refractivity contribution in [3.05, 3.63) is 41.8 Å². The number of aromatic nitrogens is 3. The fourth-order valence-corrected chi connectivity index (χ4v) is 2.39. The maximum atomic E-state index is 10.6. The lowest BCUT2D eigenvalue weighted by molar-refractivity contribution is 0.112. The Hall–Kier alpha value is -2.01. The third-order valence-electron chi connectivity index (χ3n) is 2.29. The van der Waals surface area contributed by atoms with Crippen molar-refractivity contribution in [3.8, 4) is 10.6 Å². The highest BCUT2D eigenvalue weighted by Gasteiger charge is 2.09. The van der Waals surface area contributed by atoms with Crippen LogP contribution in [0.5, 0.6) is 0 Å². The first-order valence-corrected chi connectivity index (χ1v) is 5.53. The number of imidazole rings is 1. The molecule has 0 saturated carbocycles. The molecule has 0 N–H and O–H groups in total. The molecule has 0 radical (unpaired) electrons. The molecule has 16 heavy (non-hydrogen) atoms. The van der Waals surface area contributed by atoms with Crippen LogP contribution in [-0.4, -0.2) is 20.7 Å². The van der Waals surface area contributed by atoms with E-state index in [1.54, 1.807) is 18.5 Å². The summed E-state index contributed by atoms with van der Waals surface area (Å²) < 4.78 is 1.91. The molecule has 78 valence electrons. The van der Waals surface area contributed by atoms with Crippen LogP contribution in [-0.2, 0) is 0 Å². The summed E-state index contributed by atoms with van der Waals surface area (Å²) in [7, 11) is 0. The largest absolute Gasteiger partial charge is 0.304 e. The molecule has 3 aromatic heterocycles. The number of fused-ring (bicyclic) bond motifs is 1. The summed E-state index contributed by atoms with van der Waals surface area (Å²) in [5, 5.41) is 0. The molecule has 4 nitrogen and oxygen atoms in total. The SMILES string of the molecule is O=Cc1ccc(-c2nccn3ccnc23)s1. The zero-order valence-corrected chi connectivity index (χ0v) is 9.02. The van der Waals surface area contributed by atoms with Crippen LogP contribution in [0.3, 0.4) is 0 Å². The predicted octanol–water partition coefficient (Wildman–Crippen LogP) is 2.27. The van der Waals surface area contributed by atoms with Gasteiger partial charge in [0, 0.05) is 24.8 Å². The van der Waals surface area contributed by atoms with Gasteiger partial charge in [-0.3, -0.25) is 4.79 Å². The van der Waals surface area contributed by atoms with Crippen molar-refractivity contribution in [2.75, 3.05) is 0 Å². The molecule has 0 spiro atoms. The van der Waals surface area contributed by atoms with Gasteiger partial charge in [0.05, 0.1) is 9.75 Å². The van der Waals surface area contributed by atoms with Crippen LogP contribution in [0.2, 0.25) is 0 Å². The maximum absolute atomic E-state index is 10.6. The monoisotopic (exact) mass is 229 g/mol. The van der Waals surface area contributed by atoms with E-state index in [4.69, 9.17) is 0 Å². The van der Waals surface area contributed by atoms with Crippen molar-refractivity contribution in [2.24, 2.45) is 0 Å². The predicted molar refractivity (Wildman–Crippen MR) is 61.7 cm³/mol. The van der Waals surface area contributed by atoms with Gasteiger partial charge in [0.1, 0.15) is 5.69 Å². The molecule has 0 aliphatic rings. The van der Waals surface area contributed by atoms with Crippen LogP contribution in [0, 0.1) is 0 Å². The zero-order valence-electron chi connectivity index (χ0n) is 8.20. The Morgan fingerprint density at radius 2 is 2.00 bits per heavy atom. The molecule has 0 aliphatic carbocycles. The van der Waals surface area contributed by atoms with Crippen LogP contribution in [0.25, 0.3) is 16.2 Å². The highest BCUT2D eigenvalue weighted by molar-refractivity contribution is 7.17. The lowest BCUT2D eigenvalue weighted by Gasteiger charge is -1.98. The van der Waals surface area contributed by atoms with Gasteiger partial charge >= 0.3 is 0 Å². The van der Waals surface area contributed by atoms with E-state index in [2.05, 4.69) is 9.97 Å². The van der Waals surface area contributed by atoms with Crippen molar-refractivity contribution < 1.29 is 4.79 Å². The maximum Gasteiger partial charge on any atom is 0.164 e. The molecule has 0 aliphatic heterocycles. The average molecular weight is 229 g/mol. The highest BCUT2D eigenvalue weighted by atomic mass is 32.1. The number of carbonyl (C=O) groups is 1. The van der Waals surface area contributed by atoms with E-state index in [1.807, 2.05) is 22.9 Å². The Labute approximate surface area is 95.2 Å². The summed E-state index contributed by atoms with van der Waals surface area (Å²) in [4.78, 5) is 20.8. The zero-order chi connectivity index (χ0) is 11.0. The molecule has 5 heteroatoms. The number of hydrogen-bond acceptors (Lipinski definition) is 4. The first kappa shape index (κ1) is 9.23. The fourth-order valence-electron chi connectivity index (χ4n) is 1.57. The highest BCUT2D eigenvalue weighted by Crippen LogP contribution is 2.27. The smallest absolute Gasteiger partial charge is 0.164 e. The topological polar surface area (TPSA) is 47.3 Å².